The molecular formula is C10H13N3O2. The van der Waals surface area contributed by atoms with Crippen LogP contribution in [0.25, 0.3) is 0 Å². The first-order valence-electron chi connectivity index (χ1n) is 4.67. The minimum absolute atomic E-state index is 0.0397. The number of nitrogens with zero attached hydrogens (tertiary/aromatic N) is 1. The summed E-state index contributed by atoms with van der Waals surface area (Å²) < 4.78 is 0. The Bertz CT molecular complexity index is 378. The third kappa shape index (κ3) is 3.11. The number of aromatic amines is 1. The van der Waals surface area contributed by atoms with Crippen LogP contribution < -0.4 is 5.32 Å². The van der Waals surface area contributed by atoms with Crippen molar-refractivity contribution in [2.24, 2.45) is 0 Å². The second-order valence-electron chi connectivity index (χ2n) is 3.30. The van der Waals surface area contributed by atoms with E-state index in [1.54, 1.807) is 0 Å². The van der Waals surface area contributed by atoms with Crippen molar-refractivity contribution < 1.29 is 9.90 Å². The minimum atomic E-state index is -0.242. The predicted octanol–water partition coefficient (Wildman–Crippen LogP) is 0.387. The number of nitriles is 1. The molecule has 0 saturated carbocycles. The molecule has 1 atom stereocenters. The number of carbonyl (C=O) groups excluding carboxylic acids is 1. The summed E-state index contributed by atoms with van der Waals surface area (Å²) >= 11 is 0. The van der Waals surface area contributed by atoms with Gasteiger partial charge in [0.05, 0.1) is 5.56 Å². The Morgan fingerprint density at radius 2 is 2.53 bits per heavy atom. The highest BCUT2D eigenvalue weighted by Gasteiger charge is 2.10. The SMILES string of the molecule is CC(CCO)NC(=O)c1c[nH]c(C#N)c1. The molecule has 1 rings (SSSR count). The first-order valence-corrected chi connectivity index (χ1v) is 4.67. The number of hydrogen-bond acceptors (Lipinski definition) is 3. The Morgan fingerprint density at radius 1 is 1.80 bits per heavy atom. The highest BCUT2D eigenvalue weighted by Crippen LogP contribution is 2.03. The standard InChI is InChI=1S/C10H13N3O2/c1-7(2-3-14)13-10(15)8-4-9(5-11)12-6-8/h4,6-7,12,14H,2-3H2,1H3,(H,13,15). The second kappa shape index (κ2) is 5.17. The number of H-pyrrole nitrogens is 1. The molecule has 0 aliphatic heterocycles. The minimum Gasteiger partial charge on any atom is -0.396 e. The van der Waals surface area contributed by atoms with Crippen LogP contribution in [0.2, 0.25) is 0 Å². The summed E-state index contributed by atoms with van der Waals surface area (Å²) in [6.45, 7) is 1.85. The molecule has 80 valence electrons. The second-order valence-corrected chi connectivity index (χ2v) is 3.30. The van der Waals surface area contributed by atoms with Crippen LogP contribution in [0.15, 0.2) is 12.3 Å². The molecule has 1 unspecified atom stereocenters. The summed E-state index contributed by atoms with van der Waals surface area (Å²) in [5, 5.41) is 19.9. The number of nitrogens with one attached hydrogen (secondary N) is 2. The first kappa shape index (κ1) is 11.3. The molecule has 0 aliphatic rings. The molecule has 0 spiro atoms. The molecule has 0 aromatic carbocycles. The number of amides is 1. The molecule has 5 heteroatoms. The maximum atomic E-state index is 11.5. The van der Waals surface area contributed by atoms with Crippen molar-refractivity contribution in [3.05, 3.63) is 23.5 Å². The zero-order valence-corrected chi connectivity index (χ0v) is 8.45. The van der Waals surface area contributed by atoms with E-state index in [-0.39, 0.29) is 18.6 Å². The Morgan fingerprint density at radius 3 is 3.07 bits per heavy atom. The van der Waals surface area contributed by atoms with Crippen molar-refractivity contribution in [3.8, 4) is 6.07 Å². The molecule has 1 aromatic rings. The molecule has 1 aromatic heterocycles. The lowest BCUT2D eigenvalue weighted by molar-refractivity contribution is 0.0934. The van der Waals surface area contributed by atoms with Crippen LogP contribution in [0.3, 0.4) is 0 Å². The van der Waals surface area contributed by atoms with Crippen LogP contribution in [0.1, 0.15) is 29.4 Å². The molecule has 0 radical (unpaired) electrons. The highest BCUT2D eigenvalue weighted by atomic mass is 16.3. The maximum Gasteiger partial charge on any atom is 0.253 e. The molecule has 1 amide bonds. The molecular weight excluding hydrogens is 194 g/mol. The van der Waals surface area contributed by atoms with Gasteiger partial charge in [-0.3, -0.25) is 4.79 Å². The van der Waals surface area contributed by atoms with Crippen molar-refractivity contribution >= 4 is 5.91 Å². The monoisotopic (exact) mass is 207 g/mol. The Kier molecular flexibility index (Phi) is 3.89. The lowest BCUT2D eigenvalue weighted by Gasteiger charge is -2.10. The molecule has 0 saturated heterocycles. The van der Waals surface area contributed by atoms with Crippen LogP contribution in [-0.4, -0.2) is 28.6 Å². The van der Waals surface area contributed by atoms with E-state index in [1.165, 1.54) is 12.3 Å². The van der Waals surface area contributed by atoms with Crippen LogP contribution in [-0.2, 0) is 0 Å². The van der Waals surface area contributed by atoms with Gasteiger partial charge < -0.3 is 15.4 Å². The first-order chi connectivity index (χ1) is 7.17. The largest absolute Gasteiger partial charge is 0.396 e. The summed E-state index contributed by atoms with van der Waals surface area (Å²) in [6.07, 6.45) is 2.00. The van der Waals surface area contributed by atoms with Gasteiger partial charge >= 0.3 is 0 Å². The number of aliphatic hydroxyl groups is 1. The normalized spacial score (nSPS) is 11.8. The fraction of sp³-hybridized carbons (Fsp3) is 0.400. The molecule has 0 aliphatic carbocycles. The summed E-state index contributed by atoms with van der Waals surface area (Å²) in [7, 11) is 0. The van der Waals surface area contributed by atoms with Gasteiger partial charge in [0.1, 0.15) is 11.8 Å². The van der Waals surface area contributed by atoms with Crippen LogP contribution in [0.4, 0.5) is 0 Å². The Labute approximate surface area is 87.7 Å². The average Bonchev–Trinajstić information content (AvgIpc) is 2.66. The quantitative estimate of drug-likeness (QED) is 0.667. The van der Waals surface area contributed by atoms with Gasteiger partial charge in [-0.1, -0.05) is 0 Å². The van der Waals surface area contributed by atoms with E-state index >= 15 is 0 Å². The number of aliphatic hydroxyl groups excluding tert-OH is 1. The highest BCUT2D eigenvalue weighted by molar-refractivity contribution is 5.94. The van der Waals surface area contributed by atoms with Crippen molar-refractivity contribution in [2.45, 2.75) is 19.4 Å². The zero-order chi connectivity index (χ0) is 11.3. The van der Waals surface area contributed by atoms with E-state index in [0.29, 0.717) is 17.7 Å². The van der Waals surface area contributed by atoms with Gasteiger partial charge in [-0.15, -0.1) is 0 Å². The van der Waals surface area contributed by atoms with Gasteiger partial charge in [-0.05, 0) is 19.4 Å². The van der Waals surface area contributed by atoms with Gasteiger partial charge in [0.25, 0.3) is 5.91 Å². The fourth-order valence-electron chi connectivity index (χ4n) is 1.16. The lowest BCUT2D eigenvalue weighted by atomic mass is 10.2. The van der Waals surface area contributed by atoms with Gasteiger partial charge in [-0.2, -0.15) is 5.26 Å². The molecule has 1 heterocycles. The van der Waals surface area contributed by atoms with E-state index in [2.05, 4.69) is 10.3 Å². The van der Waals surface area contributed by atoms with Gasteiger partial charge in [0.15, 0.2) is 0 Å². The zero-order valence-electron chi connectivity index (χ0n) is 8.45. The number of rotatable bonds is 4. The van der Waals surface area contributed by atoms with Crippen LogP contribution >= 0.6 is 0 Å². The van der Waals surface area contributed by atoms with Crippen LogP contribution in [0.5, 0.6) is 0 Å². The van der Waals surface area contributed by atoms with Crippen molar-refractivity contribution in [1.29, 1.82) is 5.26 Å². The molecule has 0 bridgehead atoms. The van der Waals surface area contributed by atoms with E-state index in [0.717, 1.165) is 0 Å². The summed E-state index contributed by atoms with van der Waals surface area (Å²) in [5.41, 5.74) is 0.784. The van der Waals surface area contributed by atoms with Gasteiger partial charge in [0.2, 0.25) is 0 Å². The Hall–Kier alpha value is -1.80. The summed E-state index contributed by atoms with van der Waals surface area (Å²) in [4.78, 5) is 14.2. The number of carbonyl (C=O) groups is 1. The summed E-state index contributed by atoms with van der Waals surface area (Å²) in [5.74, 6) is -0.242. The van der Waals surface area contributed by atoms with Crippen molar-refractivity contribution in [3.63, 3.8) is 0 Å². The van der Waals surface area contributed by atoms with Crippen molar-refractivity contribution in [2.75, 3.05) is 6.61 Å². The molecule has 3 N–H and O–H groups in total. The molecule has 0 fully saturated rings. The molecule has 5 nitrogen and oxygen atoms in total. The smallest absolute Gasteiger partial charge is 0.253 e. The van der Waals surface area contributed by atoms with Crippen molar-refractivity contribution in [1.82, 2.24) is 10.3 Å². The van der Waals surface area contributed by atoms with E-state index < -0.39 is 0 Å². The fourth-order valence-corrected chi connectivity index (χ4v) is 1.16. The van der Waals surface area contributed by atoms with Gasteiger partial charge in [-0.25, -0.2) is 0 Å². The van der Waals surface area contributed by atoms with Crippen LogP contribution in [0, 0.1) is 11.3 Å². The molecule has 15 heavy (non-hydrogen) atoms. The topological polar surface area (TPSA) is 88.9 Å². The van der Waals surface area contributed by atoms with E-state index in [4.69, 9.17) is 10.4 Å². The number of hydrogen-bond donors (Lipinski definition) is 3. The maximum absolute atomic E-state index is 11.5. The third-order valence-electron chi connectivity index (χ3n) is 2.01. The van der Waals surface area contributed by atoms with E-state index in [1.807, 2.05) is 13.0 Å². The van der Waals surface area contributed by atoms with Gasteiger partial charge in [0, 0.05) is 18.8 Å². The number of aromatic nitrogens is 1. The lowest BCUT2D eigenvalue weighted by Crippen LogP contribution is -2.32. The summed E-state index contributed by atoms with van der Waals surface area (Å²) in [6, 6.07) is 3.31. The third-order valence-corrected chi connectivity index (χ3v) is 2.01. The average molecular weight is 207 g/mol. The Balaban J connectivity index is 2.58. The van der Waals surface area contributed by atoms with E-state index in [9.17, 15) is 4.79 Å². The predicted molar refractivity (Wildman–Crippen MR) is 54.1 cm³/mol.